The van der Waals surface area contributed by atoms with E-state index in [9.17, 15) is 9.59 Å². The molecule has 4 nitrogen and oxygen atoms in total. The van der Waals surface area contributed by atoms with Crippen molar-refractivity contribution in [3.8, 4) is 0 Å². The minimum atomic E-state index is -0.203. The number of nitrogens with zero attached hydrogens (tertiary/aromatic N) is 2. The Labute approximate surface area is 107 Å². The van der Waals surface area contributed by atoms with Gasteiger partial charge < -0.3 is 9.80 Å². The number of carbonyl (C=O) groups excluding carboxylic acids is 2. The molecule has 2 fully saturated rings. The molecule has 2 heterocycles. The van der Waals surface area contributed by atoms with Gasteiger partial charge in [0.15, 0.2) is 0 Å². The van der Waals surface area contributed by atoms with Crippen LogP contribution < -0.4 is 0 Å². The first-order valence-electron chi connectivity index (χ1n) is 6.40. The van der Waals surface area contributed by atoms with Crippen LogP contribution in [0.2, 0.25) is 0 Å². The molecule has 0 aromatic rings. The van der Waals surface area contributed by atoms with Gasteiger partial charge in [-0.3, -0.25) is 9.59 Å². The van der Waals surface area contributed by atoms with Gasteiger partial charge in [0.1, 0.15) is 6.04 Å². The maximum Gasteiger partial charge on any atom is 0.246 e. The summed E-state index contributed by atoms with van der Waals surface area (Å²) in [7, 11) is 0. The third-order valence-electron chi connectivity index (χ3n) is 3.46. The number of likely N-dealkylation sites (tertiary alicyclic amines) is 1. The van der Waals surface area contributed by atoms with Gasteiger partial charge in [0.2, 0.25) is 11.8 Å². The van der Waals surface area contributed by atoms with Crippen molar-refractivity contribution in [1.29, 1.82) is 0 Å². The topological polar surface area (TPSA) is 40.6 Å². The Morgan fingerprint density at radius 3 is 2.59 bits per heavy atom. The van der Waals surface area contributed by atoms with Crippen LogP contribution in [-0.4, -0.2) is 52.4 Å². The molecule has 0 aromatic carbocycles. The molecule has 0 bridgehead atoms. The second kappa shape index (κ2) is 5.76. The van der Waals surface area contributed by atoms with Crippen LogP contribution in [0.1, 0.15) is 32.6 Å². The number of piperidine rings is 1. The average Bonchev–Trinajstić information content (AvgIpc) is 2.87. The van der Waals surface area contributed by atoms with Crippen LogP contribution >= 0.6 is 11.8 Å². The predicted octanol–water partition coefficient (Wildman–Crippen LogP) is 1.31. The van der Waals surface area contributed by atoms with Crippen molar-refractivity contribution in [1.82, 2.24) is 9.80 Å². The fourth-order valence-electron chi connectivity index (χ4n) is 2.42. The van der Waals surface area contributed by atoms with Crippen molar-refractivity contribution in [2.75, 3.05) is 24.7 Å². The number of amides is 2. The monoisotopic (exact) mass is 256 g/mol. The van der Waals surface area contributed by atoms with Crippen LogP contribution in [0.3, 0.4) is 0 Å². The van der Waals surface area contributed by atoms with Crippen LogP contribution in [0.4, 0.5) is 0 Å². The molecule has 2 aliphatic rings. The van der Waals surface area contributed by atoms with Gasteiger partial charge in [0.05, 0.1) is 5.88 Å². The van der Waals surface area contributed by atoms with E-state index >= 15 is 0 Å². The maximum atomic E-state index is 12.3. The second-order valence-electron chi connectivity index (χ2n) is 4.62. The zero-order valence-electron chi connectivity index (χ0n) is 10.4. The summed E-state index contributed by atoms with van der Waals surface area (Å²) in [6.07, 6.45) is 3.92. The zero-order chi connectivity index (χ0) is 12.3. The Balaban J connectivity index is 1.99. The number of rotatable bonds is 2. The van der Waals surface area contributed by atoms with Crippen molar-refractivity contribution in [3.05, 3.63) is 0 Å². The van der Waals surface area contributed by atoms with Gasteiger partial charge in [-0.15, -0.1) is 11.8 Å². The molecule has 2 amide bonds. The lowest BCUT2D eigenvalue weighted by Crippen LogP contribution is -2.50. The average molecular weight is 256 g/mol. The summed E-state index contributed by atoms with van der Waals surface area (Å²) < 4.78 is 0. The SMILES string of the molecule is CCC(=O)N1CSCC1C(=O)N1CCCCC1. The standard InChI is InChI=1S/C12H20N2O2S/c1-2-11(15)14-9-17-8-10(14)12(16)13-6-4-3-5-7-13/h10H,2-9H2,1H3. The van der Waals surface area contributed by atoms with Crippen LogP contribution in [0.5, 0.6) is 0 Å². The van der Waals surface area contributed by atoms with E-state index < -0.39 is 0 Å². The van der Waals surface area contributed by atoms with Crippen molar-refractivity contribution in [2.24, 2.45) is 0 Å². The van der Waals surface area contributed by atoms with E-state index in [0.717, 1.165) is 31.7 Å². The van der Waals surface area contributed by atoms with Gasteiger partial charge in [-0.2, -0.15) is 0 Å². The fourth-order valence-corrected chi connectivity index (χ4v) is 3.59. The lowest BCUT2D eigenvalue weighted by atomic mass is 10.1. The van der Waals surface area contributed by atoms with Crippen molar-refractivity contribution in [2.45, 2.75) is 38.6 Å². The fraction of sp³-hybridized carbons (Fsp3) is 0.833. The molecule has 0 aromatic heterocycles. The third-order valence-corrected chi connectivity index (χ3v) is 4.47. The molecule has 5 heteroatoms. The zero-order valence-corrected chi connectivity index (χ0v) is 11.2. The van der Waals surface area contributed by atoms with E-state index in [2.05, 4.69) is 0 Å². The molecule has 17 heavy (non-hydrogen) atoms. The summed E-state index contributed by atoms with van der Waals surface area (Å²) in [5.41, 5.74) is 0. The van der Waals surface area contributed by atoms with Crippen LogP contribution in [0.15, 0.2) is 0 Å². The second-order valence-corrected chi connectivity index (χ2v) is 5.62. The summed E-state index contributed by atoms with van der Waals surface area (Å²) in [5, 5.41) is 0. The molecule has 0 saturated carbocycles. The Morgan fingerprint density at radius 2 is 1.94 bits per heavy atom. The highest BCUT2D eigenvalue weighted by atomic mass is 32.2. The van der Waals surface area contributed by atoms with Gasteiger partial charge in [0.25, 0.3) is 0 Å². The molecule has 0 N–H and O–H groups in total. The van der Waals surface area contributed by atoms with Gasteiger partial charge in [0, 0.05) is 25.3 Å². The normalized spacial score (nSPS) is 25.1. The van der Waals surface area contributed by atoms with Crippen LogP contribution in [0.25, 0.3) is 0 Å². The lowest BCUT2D eigenvalue weighted by molar-refractivity contribution is -0.143. The highest BCUT2D eigenvalue weighted by molar-refractivity contribution is 7.99. The quantitative estimate of drug-likeness (QED) is 0.748. The summed E-state index contributed by atoms with van der Waals surface area (Å²) in [6.45, 7) is 3.59. The first kappa shape index (κ1) is 12.7. The highest BCUT2D eigenvalue weighted by Crippen LogP contribution is 2.24. The molecule has 2 aliphatic heterocycles. The maximum absolute atomic E-state index is 12.3. The van der Waals surface area contributed by atoms with E-state index in [1.165, 1.54) is 6.42 Å². The minimum absolute atomic E-state index is 0.102. The molecule has 0 spiro atoms. The van der Waals surface area contributed by atoms with Gasteiger partial charge >= 0.3 is 0 Å². The Morgan fingerprint density at radius 1 is 1.24 bits per heavy atom. The van der Waals surface area contributed by atoms with E-state index in [1.807, 2.05) is 11.8 Å². The largest absolute Gasteiger partial charge is 0.341 e. The van der Waals surface area contributed by atoms with Gasteiger partial charge in [-0.05, 0) is 19.3 Å². The van der Waals surface area contributed by atoms with Gasteiger partial charge in [-0.25, -0.2) is 0 Å². The molecule has 0 radical (unpaired) electrons. The van der Waals surface area contributed by atoms with Crippen LogP contribution in [-0.2, 0) is 9.59 Å². The summed E-state index contributed by atoms with van der Waals surface area (Å²) in [6, 6.07) is -0.203. The predicted molar refractivity (Wildman–Crippen MR) is 68.7 cm³/mol. The highest BCUT2D eigenvalue weighted by Gasteiger charge is 2.36. The lowest BCUT2D eigenvalue weighted by Gasteiger charge is -2.32. The molecule has 2 saturated heterocycles. The number of hydrogen-bond donors (Lipinski definition) is 0. The summed E-state index contributed by atoms with van der Waals surface area (Å²) in [5.74, 6) is 1.71. The minimum Gasteiger partial charge on any atom is -0.341 e. The number of hydrogen-bond acceptors (Lipinski definition) is 3. The first-order valence-corrected chi connectivity index (χ1v) is 7.55. The van der Waals surface area contributed by atoms with Crippen molar-refractivity contribution >= 4 is 23.6 Å². The molecule has 2 rings (SSSR count). The van der Waals surface area contributed by atoms with E-state index in [1.54, 1.807) is 16.7 Å². The molecule has 1 atom stereocenters. The molecule has 0 aliphatic carbocycles. The smallest absolute Gasteiger partial charge is 0.246 e. The summed E-state index contributed by atoms with van der Waals surface area (Å²) >= 11 is 1.68. The van der Waals surface area contributed by atoms with Gasteiger partial charge in [-0.1, -0.05) is 6.92 Å². The third kappa shape index (κ3) is 2.76. The van der Waals surface area contributed by atoms with Crippen molar-refractivity contribution < 1.29 is 9.59 Å². The Bertz CT molecular complexity index is 303. The molecular formula is C12H20N2O2S. The van der Waals surface area contributed by atoms with Crippen LogP contribution in [0, 0.1) is 0 Å². The van der Waals surface area contributed by atoms with E-state index in [0.29, 0.717) is 12.3 Å². The Kier molecular flexibility index (Phi) is 4.31. The molecular weight excluding hydrogens is 236 g/mol. The first-order chi connectivity index (χ1) is 8.24. The molecule has 96 valence electrons. The van der Waals surface area contributed by atoms with E-state index in [-0.39, 0.29) is 17.9 Å². The molecule has 1 unspecified atom stereocenters. The Hall–Kier alpha value is -0.710. The van der Waals surface area contributed by atoms with Crippen molar-refractivity contribution in [3.63, 3.8) is 0 Å². The number of thioether (sulfide) groups is 1. The van der Waals surface area contributed by atoms with E-state index in [4.69, 9.17) is 0 Å². The summed E-state index contributed by atoms with van der Waals surface area (Å²) in [4.78, 5) is 27.8. The number of carbonyl (C=O) groups is 2.